The molecule has 0 saturated carbocycles. The van der Waals surface area contributed by atoms with Crippen LogP contribution in [-0.2, 0) is 20.3 Å². The first-order valence-corrected chi connectivity index (χ1v) is 8.38. The van der Waals surface area contributed by atoms with Crippen molar-refractivity contribution < 1.29 is 19.6 Å². The van der Waals surface area contributed by atoms with Gasteiger partial charge in [-0.25, -0.2) is 4.89 Å². The minimum atomic E-state index is -0.939. The van der Waals surface area contributed by atoms with E-state index in [9.17, 15) is 5.11 Å². The van der Waals surface area contributed by atoms with Crippen LogP contribution in [0.25, 0.3) is 10.8 Å². The summed E-state index contributed by atoms with van der Waals surface area (Å²) in [6, 6.07) is 11.3. The predicted molar refractivity (Wildman–Crippen MR) is 91.4 cm³/mol. The summed E-state index contributed by atoms with van der Waals surface area (Å²) in [5.41, 5.74) is -0.0433. The summed E-state index contributed by atoms with van der Waals surface area (Å²) >= 11 is 0. The van der Waals surface area contributed by atoms with Gasteiger partial charge in [-0.3, -0.25) is 0 Å². The lowest BCUT2D eigenvalue weighted by Gasteiger charge is -2.61. The van der Waals surface area contributed by atoms with Crippen molar-refractivity contribution in [3.8, 4) is 5.75 Å². The Morgan fingerprint density at radius 1 is 1.04 bits per heavy atom. The maximum Gasteiger partial charge on any atom is 0.262 e. The number of phenolic OH excluding ortho intramolecular Hbond substituents is 1. The monoisotopic (exact) mass is 328 g/mol. The van der Waals surface area contributed by atoms with Crippen molar-refractivity contribution in [2.75, 3.05) is 6.61 Å². The zero-order chi connectivity index (χ0) is 17.4. The van der Waals surface area contributed by atoms with Crippen molar-refractivity contribution in [2.24, 2.45) is 10.8 Å². The zero-order valence-electron chi connectivity index (χ0n) is 14.8. The number of hydrogen-bond acceptors (Lipinski definition) is 4. The van der Waals surface area contributed by atoms with Gasteiger partial charge in [0.05, 0.1) is 6.61 Å². The lowest BCUT2D eigenvalue weighted by molar-refractivity contribution is -0.626. The van der Waals surface area contributed by atoms with Crippen LogP contribution in [0.4, 0.5) is 0 Å². The van der Waals surface area contributed by atoms with Gasteiger partial charge < -0.3 is 9.84 Å². The van der Waals surface area contributed by atoms with Gasteiger partial charge in [-0.2, -0.15) is 4.89 Å². The Hall–Kier alpha value is -1.62. The maximum atomic E-state index is 9.79. The second kappa shape index (κ2) is 4.51. The van der Waals surface area contributed by atoms with E-state index in [1.165, 1.54) is 0 Å². The molecule has 4 rings (SSSR count). The number of rotatable bonds is 1. The number of ether oxygens (including phenoxy) is 1. The molecule has 4 nitrogen and oxygen atoms in total. The third-order valence-corrected chi connectivity index (χ3v) is 5.61. The normalized spacial score (nSPS) is 31.7. The minimum absolute atomic E-state index is 0.190. The summed E-state index contributed by atoms with van der Waals surface area (Å²) in [4.78, 5) is 11.6. The molecule has 2 aromatic carbocycles. The first-order chi connectivity index (χ1) is 11.1. The van der Waals surface area contributed by atoms with Crippen LogP contribution in [0.3, 0.4) is 0 Å². The van der Waals surface area contributed by atoms with Gasteiger partial charge in [0.2, 0.25) is 0 Å². The quantitative estimate of drug-likeness (QED) is 0.783. The largest absolute Gasteiger partial charge is 0.508 e. The second-order valence-electron chi connectivity index (χ2n) is 8.60. The highest BCUT2D eigenvalue weighted by molar-refractivity contribution is 5.88. The van der Waals surface area contributed by atoms with Gasteiger partial charge in [-0.1, -0.05) is 58.9 Å². The molecule has 4 heteroatoms. The molecule has 2 unspecified atom stereocenters. The van der Waals surface area contributed by atoms with E-state index in [0.717, 1.165) is 16.3 Å². The van der Waals surface area contributed by atoms with Crippen LogP contribution in [0, 0.1) is 10.8 Å². The smallest absolute Gasteiger partial charge is 0.262 e. The highest BCUT2D eigenvalue weighted by Crippen LogP contribution is 2.69. The summed E-state index contributed by atoms with van der Waals surface area (Å²) in [6.45, 7) is 11.4. The standard InChI is InChI=1S/C20H24O4/c1-17(2,3)20-18(4,5)12-22-19(20,23-24-20)16-8-6-7-13-11-14(21)9-10-15(13)16/h6-11,21H,12H2,1-5H3. The summed E-state index contributed by atoms with van der Waals surface area (Å²) in [7, 11) is 0. The highest BCUT2D eigenvalue weighted by Gasteiger charge is 2.81. The molecule has 2 aliphatic rings. The summed E-state index contributed by atoms with van der Waals surface area (Å²) in [6.07, 6.45) is 0. The average Bonchev–Trinajstić information content (AvgIpc) is 2.60. The molecule has 0 aliphatic carbocycles. The van der Waals surface area contributed by atoms with Gasteiger partial charge in [0.1, 0.15) is 5.75 Å². The van der Waals surface area contributed by atoms with Crippen LogP contribution in [0.1, 0.15) is 40.2 Å². The first-order valence-electron chi connectivity index (χ1n) is 8.38. The molecule has 2 fully saturated rings. The van der Waals surface area contributed by atoms with Crippen LogP contribution >= 0.6 is 0 Å². The van der Waals surface area contributed by atoms with Gasteiger partial charge in [0, 0.05) is 16.4 Å². The number of phenols is 1. The Morgan fingerprint density at radius 3 is 2.42 bits per heavy atom. The number of fused-ring (bicyclic) bond motifs is 2. The lowest BCUT2D eigenvalue weighted by atomic mass is 9.57. The van der Waals surface area contributed by atoms with E-state index >= 15 is 0 Å². The highest BCUT2D eigenvalue weighted by atomic mass is 17.3. The molecule has 24 heavy (non-hydrogen) atoms. The SMILES string of the molecule is CC(C)(C)C12OOC1(c1cccc3cc(O)ccc13)OCC2(C)C. The van der Waals surface area contributed by atoms with Crippen LogP contribution in [0.5, 0.6) is 5.75 Å². The summed E-state index contributed by atoms with van der Waals surface area (Å²) in [5.74, 6) is -0.691. The molecule has 128 valence electrons. The van der Waals surface area contributed by atoms with E-state index in [2.05, 4.69) is 34.6 Å². The van der Waals surface area contributed by atoms with E-state index < -0.39 is 11.4 Å². The molecular weight excluding hydrogens is 304 g/mol. The van der Waals surface area contributed by atoms with Crippen LogP contribution < -0.4 is 0 Å². The summed E-state index contributed by atoms with van der Waals surface area (Å²) < 4.78 is 6.30. The molecule has 0 bridgehead atoms. The van der Waals surface area contributed by atoms with Crippen molar-refractivity contribution in [1.82, 2.24) is 0 Å². The van der Waals surface area contributed by atoms with E-state index in [0.29, 0.717) is 6.61 Å². The van der Waals surface area contributed by atoms with E-state index in [1.807, 2.05) is 24.3 Å². The fourth-order valence-electron chi connectivity index (χ4n) is 4.77. The molecule has 2 saturated heterocycles. The van der Waals surface area contributed by atoms with Crippen molar-refractivity contribution in [3.05, 3.63) is 42.0 Å². The molecule has 0 amide bonds. The van der Waals surface area contributed by atoms with Crippen molar-refractivity contribution in [2.45, 2.75) is 46.0 Å². The first kappa shape index (κ1) is 15.9. The van der Waals surface area contributed by atoms with Crippen LogP contribution in [0.15, 0.2) is 36.4 Å². The van der Waals surface area contributed by atoms with Crippen molar-refractivity contribution >= 4 is 10.8 Å². The zero-order valence-corrected chi connectivity index (χ0v) is 14.8. The summed E-state index contributed by atoms with van der Waals surface area (Å²) in [5, 5.41) is 11.7. The van der Waals surface area contributed by atoms with Crippen molar-refractivity contribution in [1.29, 1.82) is 0 Å². The molecule has 2 atom stereocenters. The Kier molecular flexibility index (Phi) is 2.98. The second-order valence-corrected chi connectivity index (χ2v) is 8.60. The Labute approximate surface area is 142 Å². The Morgan fingerprint density at radius 2 is 1.79 bits per heavy atom. The van der Waals surface area contributed by atoms with E-state index in [-0.39, 0.29) is 16.6 Å². The average molecular weight is 328 g/mol. The molecule has 0 spiro atoms. The molecule has 2 heterocycles. The van der Waals surface area contributed by atoms with Crippen molar-refractivity contribution in [3.63, 3.8) is 0 Å². The predicted octanol–water partition coefficient (Wildman–Crippen LogP) is 4.50. The third kappa shape index (κ3) is 1.64. The lowest BCUT2D eigenvalue weighted by Crippen LogP contribution is -2.73. The van der Waals surface area contributed by atoms with Crippen LogP contribution in [-0.4, -0.2) is 17.3 Å². The molecule has 0 aromatic heterocycles. The van der Waals surface area contributed by atoms with Gasteiger partial charge >= 0.3 is 0 Å². The molecule has 1 N–H and O–H groups in total. The van der Waals surface area contributed by atoms with Crippen LogP contribution in [0.2, 0.25) is 0 Å². The third-order valence-electron chi connectivity index (χ3n) is 5.61. The number of aromatic hydroxyl groups is 1. The number of benzene rings is 2. The number of hydrogen-bond donors (Lipinski definition) is 1. The molecule has 0 radical (unpaired) electrons. The van der Waals surface area contributed by atoms with Gasteiger partial charge in [0.25, 0.3) is 5.79 Å². The minimum Gasteiger partial charge on any atom is -0.508 e. The fraction of sp³-hybridized carbons (Fsp3) is 0.500. The van der Waals surface area contributed by atoms with E-state index in [1.54, 1.807) is 12.1 Å². The maximum absolute atomic E-state index is 9.79. The Balaban J connectivity index is 2.00. The van der Waals surface area contributed by atoms with E-state index in [4.69, 9.17) is 14.5 Å². The van der Waals surface area contributed by atoms with Gasteiger partial charge in [0.15, 0.2) is 5.60 Å². The Bertz CT molecular complexity index is 820. The molecule has 2 aromatic rings. The molecular formula is C20H24O4. The molecule has 2 aliphatic heterocycles. The van der Waals surface area contributed by atoms with Gasteiger partial charge in [-0.05, 0) is 22.9 Å². The topological polar surface area (TPSA) is 47.9 Å². The fourth-order valence-corrected chi connectivity index (χ4v) is 4.77. The van der Waals surface area contributed by atoms with Gasteiger partial charge in [-0.15, -0.1) is 0 Å².